The third-order valence-electron chi connectivity index (χ3n) is 3.43. The fourth-order valence-electron chi connectivity index (χ4n) is 2.31. The van der Waals surface area contributed by atoms with Gasteiger partial charge >= 0.3 is 0 Å². The van der Waals surface area contributed by atoms with E-state index >= 15 is 0 Å². The van der Waals surface area contributed by atoms with Crippen LogP contribution in [-0.2, 0) is 16.1 Å². The summed E-state index contributed by atoms with van der Waals surface area (Å²) in [4.78, 5) is 17.0. The number of nitrogens with zero attached hydrogens (tertiary/aromatic N) is 2. The summed E-state index contributed by atoms with van der Waals surface area (Å²) in [6.45, 7) is 1.12. The van der Waals surface area contributed by atoms with Crippen LogP contribution >= 0.6 is 11.3 Å². The predicted molar refractivity (Wildman–Crippen MR) is 94.2 cm³/mol. The van der Waals surface area contributed by atoms with Crippen LogP contribution in [0.3, 0.4) is 0 Å². The van der Waals surface area contributed by atoms with Crippen molar-refractivity contribution in [3.63, 3.8) is 0 Å². The number of thiazole rings is 1. The van der Waals surface area contributed by atoms with Gasteiger partial charge in [0, 0.05) is 13.7 Å². The molecule has 5 nitrogen and oxygen atoms in total. The molecule has 0 N–H and O–H groups in total. The van der Waals surface area contributed by atoms with Crippen LogP contribution in [0.2, 0.25) is 0 Å². The Kier molecular flexibility index (Phi) is 5.40. The van der Waals surface area contributed by atoms with Crippen molar-refractivity contribution in [1.29, 1.82) is 0 Å². The lowest BCUT2D eigenvalue weighted by molar-refractivity contribution is -0.120. The molecule has 3 aromatic rings. The summed E-state index contributed by atoms with van der Waals surface area (Å²) < 4.78 is 13.7. The van der Waals surface area contributed by atoms with Crippen LogP contribution in [0.4, 0.5) is 0 Å². The van der Waals surface area contributed by atoms with Crippen molar-refractivity contribution in [1.82, 2.24) is 4.57 Å². The quantitative estimate of drug-likeness (QED) is 0.692. The van der Waals surface area contributed by atoms with Crippen LogP contribution in [0.15, 0.2) is 59.6 Å². The summed E-state index contributed by atoms with van der Waals surface area (Å²) >= 11 is 1.49. The summed E-state index contributed by atoms with van der Waals surface area (Å²) in [7, 11) is 1.66. The van der Waals surface area contributed by atoms with E-state index in [2.05, 4.69) is 4.99 Å². The second-order valence-corrected chi connectivity index (χ2v) is 6.11. The Balaban J connectivity index is 1.84. The molecule has 0 radical (unpaired) electrons. The number of para-hydroxylation sites is 2. The van der Waals surface area contributed by atoms with Crippen LogP contribution < -0.4 is 9.54 Å². The first kappa shape index (κ1) is 16.4. The smallest absolute Gasteiger partial charge is 0.286 e. The number of ether oxygens (including phenoxy) is 2. The van der Waals surface area contributed by atoms with Gasteiger partial charge in [0.1, 0.15) is 5.75 Å². The van der Waals surface area contributed by atoms with Crippen molar-refractivity contribution in [3.8, 4) is 5.75 Å². The highest BCUT2D eigenvalue weighted by molar-refractivity contribution is 7.16. The molecule has 0 atom stereocenters. The van der Waals surface area contributed by atoms with E-state index in [0.717, 1.165) is 10.2 Å². The fourth-order valence-corrected chi connectivity index (χ4v) is 3.38. The second kappa shape index (κ2) is 7.90. The molecule has 1 heterocycles. The number of carbonyl (C=O) groups excluding carboxylic acids is 1. The van der Waals surface area contributed by atoms with Crippen molar-refractivity contribution >= 4 is 27.5 Å². The highest BCUT2D eigenvalue weighted by atomic mass is 32.1. The largest absolute Gasteiger partial charge is 0.484 e. The van der Waals surface area contributed by atoms with Gasteiger partial charge in [0.25, 0.3) is 5.91 Å². The van der Waals surface area contributed by atoms with Gasteiger partial charge in [0.2, 0.25) is 0 Å². The molecule has 0 spiro atoms. The highest BCUT2D eigenvalue weighted by Crippen LogP contribution is 2.16. The summed E-state index contributed by atoms with van der Waals surface area (Å²) in [5.41, 5.74) is 1.05. The molecule has 0 unspecified atom stereocenters. The van der Waals surface area contributed by atoms with Gasteiger partial charge in [0.15, 0.2) is 11.4 Å². The number of rotatable bonds is 6. The number of amides is 1. The maximum Gasteiger partial charge on any atom is 0.286 e. The van der Waals surface area contributed by atoms with Crippen molar-refractivity contribution in [2.24, 2.45) is 4.99 Å². The Labute approximate surface area is 143 Å². The highest BCUT2D eigenvalue weighted by Gasteiger charge is 2.08. The molecule has 0 fully saturated rings. The maximum absolute atomic E-state index is 12.2. The Morgan fingerprint density at radius 3 is 2.67 bits per heavy atom. The van der Waals surface area contributed by atoms with Gasteiger partial charge < -0.3 is 14.0 Å². The molecule has 0 saturated carbocycles. The summed E-state index contributed by atoms with van der Waals surface area (Å²) in [5, 5.41) is 0. The first-order valence-electron chi connectivity index (χ1n) is 7.60. The Morgan fingerprint density at radius 2 is 1.88 bits per heavy atom. The molecule has 2 aromatic carbocycles. The van der Waals surface area contributed by atoms with Crippen molar-refractivity contribution in [2.75, 3.05) is 20.3 Å². The molecule has 24 heavy (non-hydrogen) atoms. The predicted octanol–water partition coefficient (Wildman–Crippen LogP) is 2.86. The maximum atomic E-state index is 12.2. The molecule has 6 heteroatoms. The first-order chi connectivity index (χ1) is 11.8. The zero-order chi connectivity index (χ0) is 16.8. The van der Waals surface area contributed by atoms with Gasteiger partial charge in [-0.1, -0.05) is 41.7 Å². The van der Waals surface area contributed by atoms with Gasteiger partial charge in [-0.15, -0.1) is 0 Å². The molecule has 0 saturated heterocycles. The number of benzene rings is 2. The van der Waals surface area contributed by atoms with E-state index in [9.17, 15) is 4.79 Å². The van der Waals surface area contributed by atoms with E-state index in [1.807, 2.05) is 59.2 Å². The zero-order valence-corrected chi connectivity index (χ0v) is 14.2. The van der Waals surface area contributed by atoms with Gasteiger partial charge in [0.05, 0.1) is 16.8 Å². The molecule has 3 rings (SSSR count). The van der Waals surface area contributed by atoms with Gasteiger partial charge in [-0.2, -0.15) is 4.99 Å². The van der Waals surface area contributed by atoms with E-state index in [1.54, 1.807) is 7.11 Å². The zero-order valence-electron chi connectivity index (χ0n) is 13.3. The molecular formula is C18H18N2O3S. The van der Waals surface area contributed by atoms with Crippen molar-refractivity contribution < 1.29 is 14.3 Å². The normalized spacial score (nSPS) is 11.8. The average Bonchev–Trinajstić information content (AvgIpc) is 2.96. The minimum Gasteiger partial charge on any atom is -0.484 e. The topological polar surface area (TPSA) is 52.8 Å². The summed E-state index contributed by atoms with van der Waals surface area (Å²) in [6.07, 6.45) is 0. The minimum atomic E-state index is -0.309. The third-order valence-corrected chi connectivity index (χ3v) is 4.49. The third kappa shape index (κ3) is 3.90. The molecular weight excluding hydrogens is 324 g/mol. The van der Waals surface area contributed by atoms with Gasteiger partial charge in [-0.25, -0.2) is 0 Å². The van der Waals surface area contributed by atoms with Crippen LogP contribution in [0, 0.1) is 0 Å². The van der Waals surface area contributed by atoms with E-state index in [0.29, 0.717) is 23.7 Å². The molecule has 1 aromatic heterocycles. The molecule has 0 aliphatic carbocycles. The SMILES string of the molecule is COCCn1c(=NC(=O)COc2ccccc2)sc2ccccc21. The average molecular weight is 342 g/mol. The summed E-state index contributed by atoms with van der Waals surface area (Å²) in [5.74, 6) is 0.348. The Bertz CT molecular complexity index is 884. The standard InChI is InChI=1S/C18H18N2O3S/c1-22-12-11-20-15-9-5-6-10-16(15)24-18(20)19-17(21)13-23-14-7-3-2-4-8-14/h2-10H,11-13H2,1H3. The minimum absolute atomic E-state index is 0.0808. The molecule has 0 aliphatic rings. The van der Waals surface area contributed by atoms with E-state index < -0.39 is 0 Å². The van der Waals surface area contributed by atoms with Crippen LogP contribution in [0.25, 0.3) is 10.2 Å². The second-order valence-electron chi connectivity index (χ2n) is 5.10. The molecule has 0 bridgehead atoms. The molecule has 0 aliphatic heterocycles. The van der Waals surface area contributed by atoms with E-state index in [1.165, 1.54) is 11.3 Å². The van der Waals surface area contributed by atoms with E-state index in [-0.39, 0.29) is 12.5 Å². The fraction of sp³-hybridized carbons (Fsp3) is 0.222. The first-order valence-corrected chi connectivity index (χ1v) is 8.42. The lowest BCUT2D eigenvalue weighted by atomic mass is 10.3. The molecule has 1 amide bonds. The number of fused-ring (bicyclic) bond motifs is 1. The van der Waals surface area contributed by atoms with Crippen LogP contribution in [0.1, 0.15) is 0 Å². The van der Waals surface area contributed by atoms with Crippen molar-refractivity contribution in [3.05, 3.63) is 59.4 Å². The van der Waals surface area contributed by atoms with Gasteiger partial charge in [-0.05, 0) is 24.3 Å². The Morgan fingerprint density at radius 1 is 1.12 bits per heavy atom. The number of methoxy groups -OCH3 is 1. The van der Waals surface area contributed by atoms with Crippen LogP contribution in [0.5, 0.6) is 5.75 Å². The van der Waals surface area contributed by atoms with Crippen molar-refractivity contribution in [2.45, 2.75) is 6.54 Å². The lowest BCUT2D eigenvalue weighted by Gasteiger charge is -2.04. The Hall–Kier alpha value is -2.44. The number of carbonyl (C=O) groups is 1. The monoisotopic (exact) mass is 342 g/mol. The number of aromatic nitrogens is 1. The van der Waals surface area contributed by atoms with Crippen LogP contribution in [-0.4, -0.2) is 30.8 Å². The molecule has 124 valence electrons. The summed E-state index contributed by atoms with van der Waals surface area (Å²) in [6, 6.07) is 17.2. The number of hydrogen-bond donors (Lipinski definition) is 0. The lowest BCUT2D eigenvalue weighted by Crippen LogP contribution is -2.21. The number of hydrogen-bond acceptors (Lipinski definition) is 4. The van der Waals surface area contributed by atoms with E-state index in [4.69, 9.17) is 9.47 Å². The van der Waals surface area contributed by atoms with Gasteiger partial charge in [-0.3, -0.25) is 4.79 Å².